The quantitative estimate of drug-likeness (QED) is 0.827. The van der Waals surface area contributed by atoms with E-state index in [0.29, 0.717) is 18.5 Å². The van der Waals surface area contributed by atoms with Crippen molar-refractivity contribution < 1.29 is 9.53 Å². The van der Waals surface area contributed by atoms with Crippen molar-refractivity contribution >= 4 is 12.0 Å². The molecule has 2 aliphatic heterocycles. The van der Waals surface area contributed by atoms with Gasteiger partial charge in [-0.25, -0.2) is 14.8 Å². The third-order valence-electron chi connectivity index (χ3n) is 5.95. The van der Waals surface area contributed by atoms with Gasteiger partial charge in [0.1, 0.15) is 0 Å². The summed E-state index contributed by atoms with van der Waals surface area (Å²) in [6.07, 6.45) is 3.77. The molecular weight excluding hydrogens is 366 g/mol. The zero-order valence-electron chi connectivity index (χ0n) is 17.3. The van der Waals surface area contributed by atoms with Crippen LogP contribution in [0.15, 0.2) is 36.5 Å². The molecule has 154 valence electrons. The number of urea groups is 1. The first-order valence-corrected chi connectivity index (χ1v) is 10.3. The van der Waals surface area contributed by atoms with Gasteiger partial charge in [-0.1, -0.05) is 30.3 Å². The molecule has 0 spiro atoms. The monoisotopic (exact) mass is 395 g/mol. The number of amides is 2. The second kappa shape index (κ2) is 7.99. The molecule has 0 radical (unpaired) electrons. The Balaban J connectivity index is 1.46. The third-order valence-corrected chi connectivity index (χ3v) is 5.95. The normalized spacial score (nSPS) is 19.5. The molecule has 3 heterocycles. The second-order valence-corrected chi connectivity index (χ2v) is 8.31. The molecule has 0 saturated carbocycles. The minimum atomic E-state index is -0.465. The summed E-state index contributed by atoms with van der Waals surface area (Å²) in [7, 11) is 0. The number of fused-ring (bicyclic) bond motifs is 1. The maximum absolute atomic E-state index is 13.1. The van der Waals surface area contributed by atoms with E-state index >= 15 is 0 Å². The number of anilines is 1. The Labute approximate surface area is 171 Å². The number of ether oxygens (including phenoxy) is 1. The average molecular weight is 396 g/mol. The lowest BCUT2D eigenvalue weighted by molar-refractivity contribution is 0.0903. The number of nitrogens with one attached hydrogen (secondary N) is 2. The Morgan fingerprint density at radius 2 is 1.97 bits per heavy atom. The van der Waals surface area contributed by atoms with E-state index in [0.717, 1.165) is 42.9 Å². The predicted octanol–water partition coefficient (Wildman–Crippen LogP) is 3.59. The van der Waals surface area contributed by atoms with Crippen LogP contribution in [0.5, 0.6) is 0 Å². The van der Waals surface area contributed by atoms with E-state index in [4.69, 9.17) is 9.72 Å². The van der Waals surface area contributed by atoms with Crippen LogP contribution in [0.2, 0.25) is 0 Å². The van der Waals surface area contributed by atoms with Gasteiger partial charge in [0.2, 0.25) is 5.95 Å². The molecule has 1 saturated heterocycles. The molecule has 1 aromatic carbocycles. The molecule has 1 aromatic heterocycles. The van der Waals surface area contributed by atoms with Gasteiger partial charge in [-0.15, -0.1) is 0 Å². The van der Waals surface area contributed by atoms with Crippen LogP contribution >= 0.6 is 0 Å². The van der Waals surface area contributed by atoms with E-state index in [1.807, 2.05) is 62.2 Å². The number of hydrogen-bond donors (Lipinski definition) is 2. The number of nitrogens with zero attached hydrogens (tertiary/aromatic N) is 3. The topological polar surface area (TPSA) is 79.4 Å². The number of rotatable bonds is 4. The Kier molecular flexibility index (Phi) is 5.41. The molecule has 7 heteroatoms. The van der Waals surface area contributed by atoms with E-state index in [2.05, 4.69) is 15.6 Å². The van der Waals surface area contributed by atoms with Crippen molar-refractivity contribution in [1.29, 1.82) is 0 Å². The van der Waals surface area contributed by atoms with Gasteiger partial charge < -0.3 is 20.3 Å². The second-order valence-electron chi connectivity index (χ2n) is 8.31. The highest BCUT2D eigenvalue weighted by molar-refractivity contribution is 5.77. The molecule has 7 nitrogen and oxygen atoms in total. The Morgan fingerprint density at radius 1 is 1.24 bits per heavy atom. The zero-order chi connectivity index (χ0) is 20.4. The molecule has 1 atom stereocenters. The first-order valence-electron chi connectivity index (χ1n) is 10.3. The first kappa shape index (κ1) is 19.6. The van der Waals surface area contributed by atoms with Crippen LogP contribution in [-0.2, 0) is 16.8 Å². The minimum Gasteiger partial charge on any atom is -0.381 e. The molecule has 2 amide bonds. The predicted molar refractivity (Wildman–Crippen MR) is 111 cm³/mol. The molecule has 29 heavy (non-hydrogen) atoms. The van der Waals surface area contributed by atoms with Gasteiger partial charge in [-0.3, -0.25) is 0 Å². The molecule has 0 aliphatic carbocycles. The van der Waals surface area contributed by atoms with Gasteiger partial charge in [0.15, 0.2) is 0 Å². The Bertz CT molecular complexity index is 865. The maximum Gasteiger partial charge on any atom is 0.318 e. The van der Waals surface area contributed by atoms with Crippen molar-refractivity contribution in [3.63, 3.8) is 0 Å². The fraction of sp³-hybridized carbons (Fsp3) is 0.500. The average Bonchev–Trinajstić information content (AvgIpc) is 2.99. The Morgan fingerprint density at radius 3 is 2.69 bits per heavy atom. The molecule has 1 fully saturated rings. The molecular formula is C22H29N5O2. The Hall–Kier alpha value is -2.67. The smallest absolute Gasteiger partial charge is 0.318 e. The van der Waals surface area contributed by atoms with Crippen LogP contribution in [-0.4, -0.2) is 40.2 Å². The number of hydrogen-bond acceptors (Lipinski definition) is 5. The fourth-order valence-corrected chi connectivity index (χ4v) is 4.05. The van der Waals surface area contributed by atoms with Gasteiger partial charge in [0, 0.05) is 31.0 Å². The zero-order valence-corrected chi connectivity index (χ0v) is 17.3. The summed E-state index contributed by atoms with van der Waals surface area (Å²) in [5, 5.41) is 6.53. The lowest BCUT2D eigenvalue weighted by Gasteiger charge is -2.33. The van der Waals surface area contributed by atoms with E-state index in [1.165, 1.54) is 0 Å². The molecule has 2 N–H and O–H groups in total. The molecule has 2 aliphatic rings. The first-order chi connectivity index (χ1) is 13.9. The number of benzene rings is 1. The van der Waals surface area contributed by atoms with Crippen LogP contribution in [0.4, 0.5) is 10.7 Å². The van der Waals surface area contributed by atoms with Crippen LogP contribution in [0.1, 0.15) is 56.5 Å². The highest BCUT2D eigenvalue weighted by atomic mass is 16.5. The molecule has 2 aromatic rings. The number of carbonyl (C=O) groups is 1. The maximum atomic E-state index is 13.1. The van der Waals surface area contributed by atoms with Crippen LogP contribution in [0, 0.1) is 0 Å². The van der Waals surface area contributed by atoms with E-state index < -0.39 is 5.54 Å². The summed E-state index contributed by atoms with van der Waals surface area (Å²) in [4.78, 5) is 24.1. The van der Waals surface area contributed by atoms with Crippen LogP contribution < -0.4 is 10.6 Å². The summed E-state index contributed by atoms with van der Waals surface area (Å²) in [5.41, 5.74) is 2.52. The summed E-state index contributed by atoms with van der Waals surface area (Å²) in [6.45, 7) is 8.09. The fourth-order valence-electron chi connectivity index (χ4n) is 4.05. The van der Waals surface area contributed by atoms with Crippen molar-refractivity contribution in [3.05, 3.63) is 53.3 Å². The highest BCUT2D eigenvalue weighted by Crippen LogP contribution is 2.38. The van der Waals surface area contributed by atoms with Crippen LogP contribution in [0.25, 0.3) is 0 Å². The summed E-state index contributed by atoms with van der Waals surface area (Å²) in [6, 6.07) is 10.2. The largest absolute Gasteiger partial charge is 0.381 e. The third kappa shape index (κ3) is 4.05. The van der Waals surface area contributed by atoms with Crippen molar-refractivity contribution in [1.82, 2.24) is 20.2 Å². The van der Waals surface area contributed by atoms with Crippen molar-refractivity contribution in [2.75, 3.05) is 18.5 Å². The van der Waals surface area contributed by atoms with Crippen LogP contribution in [0.3, 0.4) is 0 Å². The summed E-state index contributed by atoms with van der Waals surface area (Å²) in [5.74, 6) is 0.631. The van der Waals surface area contributed by atoms with Gasteiger partial charge in [0.05, 0.1) is 23.8 Å². The van der Waals surface area contributed by atoms with Crippen molar-refractivity contribution in [2.45, 2.75) is 57.8 Å². The molecule has 4 rings (SSSR count). The van der Waals surface area contributed by atoms with Gasteiger partial charge >= 0.3 is 6.03 Å². The molecule has 0 unspecified atom stereocenters. The minimum absolute atomic E-state index is 0.0694. The summed E-state index contributed by atoms with van der Waals surface area (Å²) < 4.78 is 5.41. The number of carbonyl (C=O) groups excluding carboxylic acids is 1. The van der Waals surface area contributed by atoms with Gasteiger partial charge in [0.25, 0.3) is 0 Å². The van der Waals surface area contributed by atoms with E-state index in [9.17, 15) is 4.79 Å². The van der Waals surface area contributed by atoms with E-state index in [-0.39, 0.29) is 12.1 Å². The lowest BCUT2D eigenvalue weighted by atomic mass is 9.97. The van der Waals surface area contributed by atoms with Crippen molar-refractivity contribution in [2.24, 2.45) is 0 Å². The highest BCUT2D eigenvalue weighted by Gasteiger charge is 2.42. The standard InChI is InChI=1S/C22H29N5O2/c1-15(16-7-5-4-6-8-16)24-21(28)27-14-19-18(22(27,2)3)13-23-20(26-19)25-17-9-11-29-12-10-17/h4-8,13,15,17H,9-12,14H2,1-3H3,(H,24,28)(H,23,25,26)/t15-/m0/s1. The SMILES string of the molecule is C[C@H](NC(=O)N1Cc2nc(NC3CCOCC3)ncc2C1(C)C)c1ccccc1. The van der Waals surface area contributed by atoms with Crippen molar-refractivity contribution in [3.8, 4) is 0 Å². The van der Waals surface area contributed by atoms with Gasteiger partial charge in [-0.2, -0.15) is 0 Å². The van der Waals surface area contributed by atoms with Gasteiger partial charge in [-0.05, 0) is 39.2 Å². The number of aromatic nitrogens is 2. The van der Waals surface area contributed by atoms with E-state index in [1.54, 1.807) is 0 Å². The molecule has 0 bridgehead atoms. The summed E-state index contributed by atoms with van der Waals surface area (Å²) >= 11 is 0. The lowest BCUT2D eigenvalue weighted by Crippen LogP contribution is -2.46.